The fourth-order valence-corrected chi connectivity index (χ4v) is 1.79. The van der Waals surface area contributed by atoms with E-state index in [4.69, 9.17) is 21.8 Å². The van der Waals surface area contributed by atoms with E-state index in [2.05, 4.69) is 15.2 Å². The summed E-state index contributed by atoms with van der Waals surface area (Å²) in [6.07, 6.45) is 1.52. The molecule has 0 bridgehead atoms. The van der Waals surface area contributed by atoms with Crippen LogP contribution in [0.15, 0.2) is 26.9 Å². The molecule has 0 aliphatic rings. The average molecular weight is 243 g/mol. The van der Waals surface area contributed by atoms with E-state index in [9.17, 15) is 0 Å². The monoisotopic (exact) mass is 242 g/mol. The molecule has 2 rings (SSSR count). The number of hydrogen-bond acceptors (Lipinski definition) is 6. The number of halogens is 1. The van der Waals surface area contributed by atoms with Gasteiger partial charge >= 0.3 is 0 Å². The second-order valence-electron chi connectivity index (χ2n) is 2.74. The number of pyridine rings is 1. The predicted molar refractivity (Wildman–Crippen MR) is 56.8 cm³/mol. The number of anilines is 1. The first-order valence-electron chi connectivity index (χ1n) is 4.04. The van der Waals surface area contributed by atoms with Crippen LogP contribution in [0.3, 0.4) is 0 Å². The molecular formula is C8H7ClN4OS. The average Bonchev–Trinajstić information content (AvgIpc) is 2.56. The summed E-state index contributed by atoms with van der Waals surface area (Å²) in [7, 11) is 0. The molecule has 2 heterocycles. The molecule has 15 heavy (non-hydrogen) atoms. The van der Waals surface area contributed by atoms with Gasteiger partial charge in [0.05, 0.1) is 10.7 Å². The molecule has 0 saturated carbocycles. The summed E-state index contributed by atoms with van der Waals surface area (Å²) in [6, 6.07) is 1.63. The van der Waals surface area contributed by atoms with Crippen molar-refractivity contribution >= 4 is 29.1 Å². The van der Waals surface area contributed by atoms with Gasteiger partial charge in [0.2, 0.25) is 5.89 Å². The highest BCUT2D eigenvalue weighted by atomic mass is 35.5. The number of nitrogens with zero attached hydrogens (tertiary/aromatic N) is 3. The van der Waals surface area contributed by atoms with Crippen molar-refractivity contribution in [2.45, 2.75) is 17.2 Å². The SMILES string of the molecule is Cc1nnc(Sc2ncc(Cl)cc2N)o1. The predicted octanol–water partition coefficient (Wildman–Crippen LogP) is 2.16. The van der Waals surface area contributed by atoms with Gasteiger partial charge in [0.25, 0.3) is 5.22 Å². The number of nitrogens with two attached hydrogens (primary N) is 1. The number of rotatable bonds is 2. The normalized spacial score (nSPS) is 10.5. The first kappa shape index (κ1) is 10.3. The van der Waals surface area contributed by atoms with E-state index in [0.717, 1.165) is 0 Å². The van der Waals surface area contributed by atoms with Crippen LogP contribution in [0.2, 0.25) is 5.02 Å². The highest BCUT2D eigenvalue weighted by molar-refractivity contribution is 7.99. The summed E-state index contributed by atoms with van der Waals surface area (Å²) in [5.41, 5.74) is 6.21. The Morgan fingerprint density at radius 3 is 2.87 bits per heavy atom. The van der Waals surface area contributed by atoms with E-state index in [1.807, 2.05) is 0 Å². The van der Waals surface area contributed by atoms with Crippen LogP contribution in [0.25, 0.3) is 0 Å². The van der Waals surface area contributed by atoms with Crippen LogP contribution in [0.4, 0.5) is 5.69 Å². The van der Waals surface area contributed by atoms with E-state index in [1.165, 1.54) is 18.0 Å². The van der Waals surface area contributed by atoms with Crippen LogP contribution in [0, 0.1) is 6.92 Å². The molecule has 0 aliphatic heterocycles. The standard InChI is InChI=1S/C8H7ClN4OS/c1-4-12-13-8(14-4)15-7-6(10)2-5(9)3-11-7/h2-3H,10H2,1H3. The van der Waals surface area contributed by atoms with Crippen LogP contribution < -0.4 is 5.73 Å². The maximum absolute atomic E-state index is 5.72. The molecule has 0 aromatic carbocycles. The summed E-state index contributed by atoms with van der Waals surface area (Å²) in [5.74, 6) is 0.505. The minimum atomic E-state index is 0.411. The molecule has 0 atom stereocenters. The molecule has 0 fully saturated rings. The lowest BCUT2D eigenvalue weighted by molar-refractivity contribution is 0.429. The molecule has 7 heteroatoms. The van der Waals surface area contributed by atoms with Crippen molar-refractivity contribution in [3.63, 3.8) is 0 Å². The van der Waals surface area contributed by atoms with Crippen molar-refractivity contribution in [3.8, 4) is 0 Å². The first-order chi connectivity index (χ1) is 7.15. The van der Waals surface area contributed by atoms with Gasteiger partial charge in [-0.2, -0.15) is 0 Å². The molecule has 0 aliphatic carbocycles. The maximum atomic E-state index is 5.72. The van der Waals surface area contributed by atoms with Crippen LogP contribution >= 0.6 is 23.4 Å². The molecule has 2 aromatic heterocycles. The molecule has 0 radical (unpaired) electrons. The fraction of sp³-hybridized carbons (Fsp3) is 0.125. The Labute approximate surface area is 95.0 Å². The smallest absolute Gasteiger partial charge is 0.283 e. The fourth-order valence-electron chi connectivity index (χ4n) is 0.930. The lowest BCUT2D eigenvalue weighted by Crippen LogP contribution is -1.91. The maximum Gasteiger partial charge on any atom is 0.283 e. The van der Waals surface area contributed by atoms with Gasteiger partial charge < -0.3 is 10.2 Å². The summed E-state index contributed by atoms with van der Waals surface area (Å²) in [5, 5.41) is 9.03. The molecule has 0 amide bonds. The highest BCUT2D eigenvalue weighted by Gasteiger charge is 2.09. The summed E-state index contributed by atoms with van der Waals surface area (Å²) < 4.78 is 5.18. The summed E-state index contributed by atoms with van der Waals surface area (Å²) >= 11 is 6.93. The van der Waals surface area contributed by atoms with Gasteiger partial charge in [-0.25, -0.2) is 4.98 Å². The molecule has 2 N–H and O–H groups in total. The van der Waals surface area contributed by atoms with Gasteiger partial charge in [-0.15, -0.1) is 10.2 Å². The van der Waals surface area contributed by atoms with Gasteiger partial charge in [-0.1, -0.05) is 11.6 Å². The zero-order valence-electron chi connectivity index (χ0n) is 7.77. The first-order valence-corrected chi connectivity index (χ1v) is 5.23. The Morgan fingerprint density at radius 2 is 2.27 bits per heavy atom. The molecular weight excluding hydrogens is 236 g/mol. The number of nitrogen functional groups attached to an aromatic ring is 1. The zero-order valence-corrected chi connectivity index (χ0v) is 9.34. The lowest BCUT2D eigenvalue weighted by Gasteiger charge is -2.00. The van der Waals surface area contributed by atoms with Gasteiger partial charge in [0, 0.05) is 13.1 Å². The quantitative estimate of drug-likeness (QED) is 0.870. The van der Waals surface area contributed by atoms with E-state index in [0.29, 0.717) is 26.8 Å². The molecule has 78 valence electrons. The molecule has 0 spiro atoms. The second-order valence-corrected chi connectivity index (χ2v) is 4.11. The second kappa shape index (κ2) is 4.08. The number of hydrogen-bond donors (Lipinski definition) is 1. The van der Waals surface area contributed by atoms with E-state index >= 15 is 0 Å². The molecule has 0 saturated heterocycles. The van der Waals surface area contributed by atoms with Gasteiger partial charge in [-0.05, 0) is 17.8 Å². The highest BCUT2D eigenvalue weighted by Crippen LogP contribution is 2.30. The van der Waals surface area contributed by atoms with Crippen molar-refractivity contribution in [1.82, 2.24) is 15.2 Å². The molecule has 0 unspecified atom stereocenters. The molecule has 5 nitrogen and oxygen atoms in total. The third kappa shape index (κ3) is 2.40. The minimum absolute atomic E-state index is 0.411. The van der Waals surface area contributed by atoms with Crippen molar-refractivity contribution in [2.24, 2.45) is 0 Å². The van der Waals surface area contributed by atoms with E-state index in [1.54, 1.807) is 13.0 Å². The van der Waals surface area contributed by atoms with Gasteiger partial charge in [-0.3, -0.25) is 0 Å². The van der Waals surface area contributed by atoms with Crippen LogP contribution in [0.5, 0.6) is 0 Å². The van der Waals surface area contributed by atoms with Crippen LogP contribution in [-0.4, -0.2) is 15.2 Å². The van der Waals surface area contributed by atoms with Gasteiger partial charge in [0.15, 0.2) is 0 Å². The third-order valence-electron chi connectivity index (χ3n) is 1.54. The van der Waals surface area contributed by atoms with Crippen LogP contribution in [-0.2, 0) is 0 Å². The van der Waals surface area contributed by atoms with Crippen LogP contribution in [0.1, 0.15) is 5.89 Å². The third-order valence-corrected chi connectivity index (χ3v) is 2.62. The summed E-state index contributed by atoms with van der Waals surface area (Å²) in [4.78, 5) is 4.06. The summed E-state index contributed by atoms with van der Waals surface area (Å²) in [6.45, 7) is 1.72. The largest absolute Gasteiger partial charge is 0.416 e. The van der Waals surface area contributed by atoms with Crippen molar-refractivity contribution in [3.05, 3.63) is 23.2 Å². The van der Waals surface area contributed by atoms with Crippen molar-refractivity contribution < 1.29 is 4.42 Å². The van der Waals surface area contributed by atoms with Gasteiger partial charge in [0.1, 0.15) is 5.03 Å². The van der Waals surface area contributed by atoms with Crippen molar-refractivity contribution in [2.75, 3.05) is 5.73 Å². The Kier molecular flexibility index (Phi) is 2.79. The Hall–Kier alpha value is -1.27. The minimum Gasteiger partial charge on any atom is -0.416 e. The topological polar surface area (TPSA) is 77.8 Å². The van der Waals surface area contributed by atoms with E-state index < -0.39 is 0 Å². The Morgan fingerprint density at radius 1 is 1.47 bits per heavy atom. The Bertz CT molecular complexity index is 487. The zero-order chi connectivity index (χ0) is 10.8. The van der Waals surface area contributed by atoms with E-state index in [-0.39, 0.29) is 0 Å². The number of aryl methyl sites for hydroxylation is 1. The Balaban J connectivity index is 2.24. The lowest BCUT2D eigenvalue weighted by atomic mass is 10.4. The van der Waals surface area contributed by atoms with Crippen molar-refractivity contribution in [1.29, 1.82) is 0 Å². The molecule has 2 aromatic rings. The number of aromatic nitrogens is 3.